The first-order chi connectivity index (χ1) is 17.2. The smallest absolute Gasteiger partial charge is 0.175 e. The number of nitrogens with zero attached hydrogens (tertiary/aromatic N) is 1. The van der Waals surface area contributed by atoms with Crippen molar-refractivity contribution in [3.8, 4) is 0 Å². The molecule has 36 heavy (non-hydrogen) atoms. The third-order valence-corrected chi connectivity index (χ3v) is 12.6. The second-order valence-corrected chi connectivity index (χ2v) is 14.2. The van der Waals surface area contributed by atoms with Crippen LogP contribution in [-0.2, 0) is 15.3 Å². The van der Waals surface area contributed by atoms with Crippen molar-refractivity contribution in [2.24, 2.45) is 33.6 Å². The van der Waals surface area contributed by atoms with Gasteiger partial charge in [-0.2, -0.15) is 0 Å². The molecule has 5 aliphatic rings. The molecule has 0 saturated heterocycles. The first kappa shape index (κ1) is 24.9. The van der Waals surface area contributed by atoms with Gasteiger partial charge in [-0.15, -0.1) is 0 Å². The molecule has 6 rings (SSSR count). The fourth-order valence-corrected chi connectivity index (χ4v) is 10.5. The second kappa shape index (κ2) is 8.82. The van der Waals surface area contributed by atoms with Gasteiger partial charge < -0.3 is 10.2 Å². The molecule has 1 heterocycles. The molecule has 5 nitrogen and oxygen atoms in total. The SMILES string of the molecule is CC12CCC(=O)C=C1CCC1C2C(O)CC2(C)C1CC[C@]2(O)C(=O)CSC1=Nc2ccccc2CS1. The molecular weight excluding hydrogens is 490 g/mol. The van der Waals surface area contributed by atoms with E-state index >= 15 is 0 Å². The minimum Gasteiger partial charge on any atom is -0.393 e. The molecule has 3 fully saturated rings. The van der Waals surface area contributed by atoms with Crippen molar-refractivity contribution in [2.75, 3.05) is 5.75 Å². The van der Waals surface area contributed by atoms with Gasteiger partial charge in [0.15, 0.2) is 11.6 Å². The van der Waals surface area contributed by atoms with Gasteiger partial charge in [-0.25, -0.2) is 4.99 Å². The highest BCUT2D eigenvalue weighted by molar-refractivity contribution is 8.38. The van der Waals surface area contributed by atoms with Crippen LogP contribution in [0.2, 0.25) is 0 Å². The molecule has 0 radical (unpaired) electrons. The largest absolute Gasteiger partial charge is 0.393 e. The van der Waals surface area contributed by atoms with Gasteiger partial charge in [-0.3, -0.25) is 9.59 Å². The van der Waals surface area contributed by atoms with E-state index in [0.717, 1.165) is 41.5 Å². The van der Waals surface area contributed by atoms with Gasteiger partial charge in [-0.05, 0) is 79.4 Å². The minimum absolute atomic E-state index is 0.0866. The molecule has 1 aliphatic heterocycles. The van der Waals surface area contributed by atoms with E-state index in [0.29, 0.717) is 19.3 Å². The fourth-order valence-electron chi connectivity index (χ4n) is 8.48. The highest BCUT2D eigenvalue weighted by Gasteiger charge is 2.68. The molecular formula is C29H35NO4S2. The van der Waals surface area contributed by atoms with Crippen LogP contribution < -0.4 is 0 Å². The van der Waals surface area contributed by atoms with Gasteiger partial charge >= 0.3 is 0 Å². The van der Waals surface area contributed by atoms with Crippen LogP contribution in [0.25, 0.3) is 0 Å². The summed E-state index contributed by atoms with van der Waals surface area (Å²) in [5, 5.41) is 23.5. The van der Waals surface area contributed by atoms with Crippen molar-refractivity contribution in [2.45, 2.75) is 76.3 Å². The number of Topliss-reactive ketones (excluding diaryl/α,β-unsaturated/α-hetero) is 1. The summed E-state index contributed by atoms with van der Waals surface area (Å²) in [6.45, 7) is 4.28. The number of rotatable bonds is 3. The highest BCUT2D eigenvalue weighted by Crippen LogP contribution is 2.67. The number of fused-ring (bicyclic) bond motifs is 6. The summed E-state index contributed by atoms with van der Waals surface area (Å²) < 4.78 is 0.875. The third kappa shape index (κ3) is 3.63. The molecule has 0 aromatic heterocycles. The molecule has 0 bridgehead atoms. The first-order valence-electron chi connectivity index (χ1n) is 13.3. The number of benzene rings is 1. The van der Waals surface area contributed by atoms with Crippen LogP contribution in [0.15, 0.2) is 40.9 Å². The molecule has 0 amide bonds. The molecule has 3 saturated carbocycles. The van der Waals surface area contributed by atoms with Crippen molar-refractivity contribution in [1.82, 2.24) is 0 Å². The fraction of sp³-hybridized carbons (Fsp3) is 0.621. The lowest BCUT2D eigenvalue weighted by Crippen LogP contribution is -2.62. The lowest BCUT2D eigenvalue weighted by Gasteiger charge is -2.60. The molecule has 1 aromatic carbocycles. The van der Waals surface area contributed by atoms with E-state index < -0.39 is 17.1 Å². The van der Waals surface area contributed by atoms with E-state index in [9.17, 15) is 19.8 Å². The number of aliphatic hydroxyl groups excluding tert-OH is 1. The van der Waals surface area contributed by atoms with Crippen molar-refractivity contribution >= 4 is 45.2 Å². The Morgan fingerprint density at radius 3 is 2.83 bits per heavy atom. The normalized spacial score (nSPS) is 41.4. The van der Waals surface area contributed by atoms with Gasteiger partial charge in [0.05, 0.1) is 17.5 Å². The van der Waals surface area contributed by atoms with Crippen molar-refractivity contribution < 1.29 is 19.8 Å². The molecule has 6 unspecified atom stereocenters. The number of hydrogen-bond donors (Lipinski definition) is 2. The summed E-state index contributed by atoms with van der Waals surface area (Å²) in [4.78, 5) is 30.5. The molecule has 1 aromatic rings. The topological polar surface area (TPSA) is 87.0 Å². The molecule has 0 spiro atoms. The van der Waals surface area contributed by atoms with E-state index in [-0.39, 0.29) is 40.5 Å². The Balaban J connectivity index is 1.22. The zero-order valence-corrected chi connectivity index (χ0v) is 22.7. The summed E-state index contributed by atoms with van der Waals surface area (Å²) in [5.74, 6) is 1.67. The van der Waals surface area contributed by atoms with E-state index in [4.69, 9.17) is 4.99 Å². The number of hydrogen-bond acceptors (Lipinski definition) is 7. The Hall–Kier alpha value is -1.41. The zero-order chi connectivity index (χ0) is 25.3. The number of aliphatic hydroxyl groups is 2. The van der Waals surface area contributed by atoms with E-state index in [2.05, 4.69) is 13.0 Å². The number of aliphatic imine (C=N–C) groups is 1. The number of para-hydroxylation sites is 1. The summed E-state index contributed by atoms with van der Waals surface area (Å²) in [5.41, 5.74) is 1.15. The maximum absolute atomic E-state index is 13.6. The average molecular weight is 526 g/mol. The van der Waals surface area contributed by atoms with Gasteiger partial charge in [0.1, 0.15) is 9.98 Å². The van der Waals surface area contributed by atoms with Crippen molar-refractivity contribution in [3.05, 3.63) is 41.5 Å². The van der Waals surface area contributed by atoms with Crippen molar-refractivity contribution in [1.29, 1.82) is 0 Å². The molecule has 7 heteroatoms. The van der Waals surface area contributed by atoms with Crippen LogP contribution in [0, 0.1) is 28.6 Å². The van der Waals surface area contributed by atoms with Crippen LogP contribution >= 0.6 is 23.5 Å². The quantitative estimate of drug-likeness (QED) is 0.545. The number of ketones is 2. The van der Waals surface area contributed by atoms with E-state index in [1.807, 2.05) is 31.2 Å². The summed E-state index contributed by atoms with van der Waals surface area (Å²) >= 11 is 3.08. The van der Waals surface area contributed by atoms with Crippen LogP contribution in [0.5, 0.6) is 0 Å². The summed E-state index contributed by atoms with van der Waals surface area (Å²) in [7, 11) is 0. The monoisotopic (exact) mass is 525 g/mol. The molecule has 4 aliphatic carbocycles. The van der Waals surface area contributed by atoms with Crippen LogP contribution in [0.3, 0.4) is 0 Å². The predicted octanol–water partition coefficient (Wildman–Crippen LogP) is 5.46. The Bertz CT molecular complexity index is 1180. The predicted molar refractivity (Wildman–Crippen MR) is 145 cm³/mol. The second-order valence-electron chi connectivity index (χ2n) is 12.0. The Labute approximate surface area is 221 Å². The zero-order valence-electron chi connectivity index (χ0n) is 21.0. The van der Waals surface area contributed by atoms with Gasteiger partial charge in [0.25, 0.3) is 0 Å². The number of thioether (sulfide) groups is 2. The number of carbonyl (C=O) groups excluding carboxylic acids is 2. The molecule has 7 atom stereocenters. The van der Waals surface area contributed by atoms with Crippen molar-refractivity contribution in [3.63, 3.8) is 0 Å². The minimum atomic E-state index is -1.42. The highest BCUT2D eigenvalue weighted by atomic mass is 32.2. The maximum Gasteiger partial charge on any atom is 0.175 e. The standard InChI is InChI=1S/C29H35NO4S2/c1-27-11-9-19(31)13-18(27)7-8-20-21-10-12-29(34,28(21,2)14-23(32)25(20)27)24(33)16-36-26-30-22-6-4-3-5-17(22)15-35-26/h3-6,13,20-21,23,25,32,34H,7-12,14-16H2,1-2H3/t20?,21?,23?,25?,27?,28?,29-/m0/s1. The van der Waals surface area contributed by atoms with E-state index in [1.165, 1.54) is 22.9 Å². The van der Waals surface area contributed by atoms with Gasteiger partial charge in [0, 0.05) is 17.6 Å². The van der Waals surface area contributed by atoms with Crippen LogP contribution in [0.1, 0.15) is 64.4 Å². The van der Waals surface area contributed by atoms with Gasteiger partial charge in [-0.1, -0.05) is 61.1 Å². The molecule has 2 N–H and O–H groups in total. The average Bonchev–Trinajstić information content (AvgIpc) is 3.13. The maximum atomic E-state index is 13.6. The van der Waals surface area contributed by atoms with Crippen LogP contribution in [-0.4, -0.2) is 43.6 Å². The third-order valence-electron chi connectivity index (χ3n) is 10.4. The van der Waals surface area contributed by atoms with E-state index in [1.54, 1.807) is 11.8 Å². The number of allylic oxidation sites excluding steroid dienone is 1. The summed E-state index contributed by atoms with van der Waals surface area (Å²) in [6, 6.07) is 8.08. The lowest BCUT2D eigenvalue weighted by molar-refractivity contribution is -0.178. The van der Waals surface area contributed by atoms with Crippen LogP contribution in [0.4, 0.5) is 5.69 Å². The Kier molecular flexibility index (Phi) is 6.10. The summed E-state index contributed by atoms with van der Waals surface area (Å²) in [6.07, 6.45) is 6.11. The van der Waals surface area contributed by atoms with Gasteiger partial charge in [0.2, 0.25) is 0 Å². The lowest BCUT2D eigenvalue weighted by atomic mass is 9.45. The Morgan fingerprint density at radius 2 is 2.00 bits per heavy atom. The Morgan fingerprint density at radius 1 is 1.19 bits per heavy atom. The molecule has 192 valence electrons. The first-order valence-corrected chi connectivity index (χ1v) is 15.2. The number of carbonyl (C=O) groups is 2.